The molecule has 27 heavy (non-hydrogen) atoms. The molecule has 0 bridgehead atoms. The molecule has 2 aliphatic heterocycles. The van der Waals surface area contributed by atoms with Crippen LogP contribution in [0.3, 0.4) is 0 Å². The van der Waals surface area contributed by atoms with Crippen molar-refractivity contribution in [3.8, 4) is 0 Å². The monoisotopic (exact) mass is 390 g/mol. The number of amides is 2. The van der Waals surface area contributed by atoms with E-state index < -0.39 is 12.1 Å². The number of piperidine rings is 1. The molecule has 3 atom stereocenters. The number of fused-ring (bicyclic) bond motifs is 1. The quantitative estimate of drug-likeness (QED) is 0.838. The third kappa shape index (κ3) is 3.94. The first-order valence-electron chi connectivity index (χ1n) is 9.92. The number of Topliss-reactive ketones (excluding diaryl/α,β-unsaturated/α-hetero) is 1. The van der Waals surface area contributed by atoms with E-state index in [-0.39, 0.29) is 30.3 Å². The molecule has 1 aliphatic carbocycles. The molecular formula is C20H26N2O4S. The molecule has 3 unspecified atom stereocenters. The molecule has 1 aromatic rings. The molecule has 3 heterocycles. The molecule has 1 saturated carbocycles. The number of carbonyl (C=O) groups is 3. The molecule has 146 valence electrons. The van der Waals surface area contributed by atoms with Crippen molar-refractivity contribution in [3.05, 3.63) is 22.4 Å². The Morgan fingerprint density at radius 3 is 2.81 bits per heavy atom. The van der Waals surface area contributed by atoms with Crippen LogP contribution in [0.2, 0.25) is 0 Å². The lowest BCUT2D eigenvalue weighted by Gasteiger charge is -2.38. The van der Waals surface area contributed by atoms with Gasteiger partial charge < -0.3 is 15.0 Å². The maximum Gasteiger partial charge on any atom is 0.261 e. The lowest BCUT2D eigenvalue weighted by Crippen LogP contribution is -2.58. The van der Waals surface area contributed by atoms with Crippen molar-refractivity contribution >= 4 is 28.9 Å². The molecule has 4 rings (SSSR count). The van der Waals surface area contributed by atoms with Crippen LogP contribution < -0.4 is 5.32 Å². The third-order valence-electron chi connectivity index (χ3n) is 6.02. The number of hydrogen-bond donors (Lipinski definition) is 1. The van der Waals surface area contributed by atoms with E-state index >= 15 is 0 Å². The molecule has 6 nitrogen and oxygen atoms in total. The Labute approximate surface area is 163 Å². The van der Waals surface area contributed by atoms with E-state index in [0.717, 1.165) is 25.7 Å². The van der Waals surface area contributed by atoms with Gasteiger partial charge in [-0.25, -0.2) is 0 Å². The van der Waals surface area contributed by atoms with Crippen LogP contribution in [0.5, 0.6) is 0 Å². The zero-order valence-electron chi connectivity index (χ0n) is 15.4. The molecule has 1 N–H and O–H groups in total. The van der Waals surface area contributed by atoms with Crippen LogP contribution in [0.1, 0.15) is 54.6 Å². The molecule has 2 saturated heterocycles. The minimum absolute atomic E-state index is 0.0164. The fraction of sp³-hybridized carbons (Fsp3) is 0.650. The molecule has 0 radical (unpaired) electrons. The Bertz CT molecular complexity index is 699. The highest BCUT2D eigenvalue weighted by Crippen LogP contribution is 2.31. The van der Waals surface area contributed by atoms with Crippen LogP contribution in [0.4, 0.5) is 0 Å². The lowest BCUT2D eigenvalue weighted by molar-refractivity contribution is -0.142. The van der Waals surface area contributed by atoms with Gasteiger partial charge in [-0.05, 0) is 36.6 Å². The Hall–Kier alpha value is -1.73. The van der Waals surface area contributed by atoms with E-state index in [1.165, 1.54) is 24.2 Å². The summed E-state index contributed by atoms with van der Waals surface area (Å²) in [7, 11) is 0. The van der Waals surface area contributed by atoms with Gasteiger partial charge in [-0.15, -0.1) is 11.3 Å². The van der Waals surface area contributed by atoms with Gasteiger partial charge in [-0.1, -0.05) is 31.7 Å². The Kier molecular flexibility index (Phi) is 5.59. The van der Waals surface area contributed by atoms with E-state index in [4.69, 9.17) is 4.74 Å². The van der Waals surface area contributed by atoms with Crippen molar-refractivity contribution in [1.29, 1.82) is 0 Å². The number of ether oxygens (including phenoxy) is 1. The van der Waals surface area contributed by atoms with E-state index in [2.05, 4.69) is 5.32 Å². The van der Waals surface area contributed by atoms with Crippen molar-refractivity contribution in [2.24, 2.45) is 5.92 Å². The van der Waals surface area contributed by atoms with Crippen molar-refractivity contribution < 1.29 is 19.1 Å². The predicted octanol–water partition coefficient (Wildman–Crippen LogP) is 2.39. The summed E-state index contributed by atoms with van der Waals surface area (Å²) >= 11 is 1.37. The SMILES string of the molecule is O=C(NC(CC1CCCC1)C(=O)N1CCCC2OCC(=O)C21)c1cccs1. The normalized spacial score (nSPS) is 26.8. The van der Waals surface area contributed by atoms with Gasteiger partial charge in [0.2, 0.25) is 5.91 Å². The fourth-order valence-corrected chi connectivity index (χ4v) is 5.30. The topological polar surface area (TPSA) is 75.7 Å². The molecule has 7 heteroatoms. The summed E-state index contributed by atoms with van der Waals surface area (Å²) in [5.41, 5.74) is 0. The number of ketones is 1. The molecule has 3 aliphatic rings. The maximum absolute atomic E-state index is 13.4. The molecule has 1 aromatic heterocycles. The van der Waals surface area contributed by atoms with Crippen LogP contribution in [0, 0.1) is 5.92 Å². The van der Waals surface area contributed by atoms with Gasteiger partial charge in [0.05, 0.1) is 11.0 Å². The highest BCUT2D eigenvalue weighted by Gasteiger charge is 2.46. The van der Waals surface area contributed by atoms with Gasteiger partial charge in [-0.2, -0.15) is 0 Å². The van der Waals surface area contributed by atoms with E-state index in [0.29, 0.717) is 23.8 Å². The van der Waals surface area contributed by atoms with Crippen LogP contribution in [0.15, 0.2) is 17.5 Å². The second-order valence-corrected chi connectivity index (χ2v) is 8.77. The number of nitrogens with zero attached hydrogens (tertiary/aromatic N) is 1. The summed E-state index contributed by atoms with van der Waals surface area (Å²) in [6, 6.07) is 2.55. The smallest absolute Gasteiger partial charge is 0.261 e. The predicted molar refractivity (Wildman–Crippen MR) is 102 cm³/mol. The largest absolute Gasteiger partial charge is 0.368 e. The highest BCUT2D eigenvalue weighted by atomic mass is 32.1. The van der Waals surface area contributed by atoms with Gasteiger partial charge in [0.25, 0.3) is 5.91 Å². The van der Waals surface area contributed by atoms with Gasteiger partial charge in [-0.3, -0.25) is 14.4 Å². The number of nitrogens with one attached hydrogen (secondary N) is 1. The Balaban J connectivity index is 1.52. The minimum Gasteiger partial charge on any atom is -0.368 e. The summed E-state index contributed by atoms with van der Waals surface area (Å²) < 4.78 is 5.57. The molecule has 0 spiro atoms. The Morgan fingerprint density at radius 2 is 2.07 bits per heavy atom. The first kappa shape index (κ1) is 18.6. The molecule has 2 amide bonds. The third-order valence-corrected chi connectivity index (χ3v) is 6.89. The van der Waals surface area contributed by atoms with Crippen molar-refractivity contribution in [2.75, 3.05) is 13.2 Å². The van der Waals surface area contributed by atoms with Crippen LogP contribution in [0.25, 0.3) is 0 Å². The van der Waals surface area contributed by atoms with E-state index in [1.807, 2.05) is 11.4 Å². The van der Waals surface area contributed by atoms with Crippen LogP contribution in [-0.2, 0) is 14.3 Å². The highest BCUT2D eigenvalue weighted by molar-refractivity contribution is 7.12. The van der Waals surface area contributed by atoms with E-state index in [1.54, 1.807) is 11.0 Å². The fourth-order valence-electron chi connectivity index (χ4n) is 4.68. The zero-order chi connectivity index (χ0) is 18.8. The average Bonchev–Trinajstić information content (AvgIpc) is 3.43. The van der Waals surface area contributed by atoms with Crippen molar-refractivity contribution in [1.82, 2.24) is 10.2 Å². The summed E-state index contributed by atoms with van der Waals surface area (Å²) in [6.07, 6.45) is 6.69. The first-order chi connectivity index (χ1) is 13.1. The van der Waals surface area contributed by atoms with Crippen molar-refractivity contribution in [2.45, 2.75) is 63.1 Å². The summed E-state index contributed by atoms with van der Waals surface area (Å²) in [6.45, 7) is 0.652. The average molecular weight is 391 g/mol. The van der Waals surface area contributed by atoms with E-state index in [9.17, 15) is 14.4 Å². The molecule has 0 aromatic carbocycles. The number of rotatable bonds is 5. The lowest BCUT2D eigenvalue weighted by atomic mass is 9.93. The van der Waals surface area contributed by atoms with Crippen molar-refractivity contribution in [3.63, 3.8) is 0 Å². The number of hydrogen-bond acceptors (Lipinski definition) is 5. The maximum atomic E-state index is 13.4. The first-order valence-corrected chi connectivity index (χ1v) is 10.8. The second-order valence-electron chi connectivity index (χ2n) is 7.82. The van der Waals surface area contributed by atoms with Gasteiger partial charge in [0, 0.05) is 6.54 Å². The van der Waals surface area contributed by atoms with Crippen LogP contribution in [-0.4, -0.2) is 53.8 Å². The zero-order valence-corrected chi connectivity index (χ0v) is 16.2. The summed E-state index contributed by atoms with van der Waals surface area (Å²) in [5.74, 6) is 0.111. The Morgan fingerprint density at radius 1 is 1.26 bits per heavy atom. The van der Waals surface area contributed by atoms with Gasteiger partial charge in [0.1, 0.15) is 18.7 Å². The second kappa shape index (κ2) is 8.10. The standard InChI is InChI=1S/C20H26N2O4S/c23-15-12-26-16-7-3-9-22(18(15)16)20(25)14(11-13-5-1-2-6-13)21-19(24)17-8-4-10-27-17/h4,8,10,13-14,16,18H,1-3,5-7,9,11-12H2,(H,21,24). The number of thiophene rings is 1. The minimum atomic E-state index is -0.574. The number of likely N-dealkylation sites (tertiary alicyclic amines) is 1. The van der Waals surface area contributed by atoms with Crippen LogP contribution >= 0.6 is 11.3 Å². The molecular weight excluding hydrogens is 364 g/mol. The summed E-state index contributed by atoms with van der Waals surface area (Å²) in [4.78, 5) is 40.6. The number of carbonyl (C=O) groups excluding carboxylic acids is 3. The summed E-state index contributed by atoms with van der Waals surface area (Å²) in [5, 5.41) is 4.82. The van der Waals surface area contributed by atoms with Gasteiger partial charge >= 0.3 is 0 Å². The molecule has 3 fully saturated rings. The van der Waals surface area contributed by atoms with Gasteiger partial charge in [0.15, 0.2) is 5.78 Å².